The molecule has 0 aromatic heterocycles. The van der Waals surface area contributed by atoms with Crippen molar-refractivity contribution < 1.29 is 4.79 Å². The highest BCUT2D eigenvalue weighted by Crippen LogP contribution is 2.26. The number of hydrogen-bond donors (Lipinski definition) is 2. The van der Waals surface area contributed by atoms with Crippen molar-refractivity contribution in [3.8, 4) is 0 Å². The van der Waals surface area contributed by atoms with Crippen molar-refractivity contribution in [2.45, 2.75) is 46.5 Å². The summed E-state index contributed by atoms with van der Waals surface area (Å²) in [6, 6.07) is 7.96. The molecule has 1 aromatic carbocycles. The minimum absolute atomic E-state index is 0.0889. The number of aryl methyl sites for hydroxylation is 1. The Kier molecular flexibility index (Phi) is 6.03. The molecule has 0 atom stereocenters. The molecule has 3 N–H and O–H groups in total. The Balaban J connectivity index is 2.52. The van der Waals surface area contributed by atoms with E-state index in [2.05, 4.69) is 26.1 Å². The van der Waals surface area contributed by atoms with E-state index in [0.717, 1.165) is 24.9 Å². The number of nitrogens with one attached hydrogen (secondary N) is 1. The van der Waals surface area contributed by atoms with Crippen molar-refractivity contribution in [3.05, 3.63) is 29.8 Å². The maximum atomic E-state index is 12.0. The second-order valence-corrected chi connectivity index (χ2v) is 5.76. The van der Waals surface area contributed by atoms with Crippen LogP contribution in [0.1, 0.15) is 45.6 Å². The predicted octanol–water partition coefficient (Wildman–Crippen LogP) is 3.34. The van der Waals surface area contributed by atoms with E-state index in [1.165, 1.54) is 5.56 Å². The highest BCUT2D eigenvalue weighted by Gasteiger charge is 2.18. The van der Waals surface area contributed by atoms with E-state index in [4.69, 9.17) is 5.73 Å². The molecule has 106 valence electrons. The zero-order valence-corrected chi connectivity index (χ0v) is 12.3. The van der Waals surface area contributed by atoms with Crippen LogP contribution in [0.4, 0.5) is 5.69 Å². The lowest BCUT2D eigenvalue weighted by Gasteiger charge is -2.23. The van der Waals surface area contributed by atoms with Crippen molar-refractivity contribution in [2.24, 2.45) is 11.1 Å². The molecule has 0 saturated heterocycles. The molecular weight excluding hydrogens is 236 g/mol. The number of carbonyl (C=O) groups is 1. The van der Waals surface area contributed by atoms with Gasteiger partial charge in [-0.2, -0.15) is 0 Å². The smallest absolute Gasteiger partial charge is 0.224 e. The Bertz CT molecular complexity index is 413. The fraction of sp³-hybridized carbons (Fsp3) is 0.562. The molecule has 0 bridgehead atoms. The first-order valence-electron chi connectivity index (χ1n) is 7.06. The average molecular weight is 262 g/mol. The first kappa shape index (κ1) is 15.7. The van der Waals surface area contributed by atoms with Crippen molar-refractivity contribution in [3.63, 3.8) is 0 Å². The molecule has 1 aromatic rings. The molecule has 0 saturated carbocycles. The Morgan fingerprint density at radius 3 is 2.58 bits per heavy atom. The summed E-state index contributed by atoms with van der Waals surface area (Å²) >= 11 is 0. The maximum absolute atomic E-state index is 12.0. The normalized spacial score (nSPS) is 11.4. The highest BCUT2D eigenvalue weighted by atomic mass is 16.1. The average Bonchev–Trinajstić information content (AvgIpc) is 2.37. The zero-order chi connectivity index (χ0) is 14.3. The number of amides is 1. The van der Waals surface area contributed by atoms with Crippen molar-refractivity contribution in [2.75, 3.05) is 11.9 Å². The summed E-state index contributed by atoms with van der Waals surface area (Å²) < 4.78 is 0. The molecule has 0 spiro atoms. The van der Waals surface area contributed by atoms with Crippen LogP contribution in [-0.4, -0.2) is 12.5 Å². The second kappa shape index (κ2) is 7.29. The quantitative estimate of drug-likeness (QED) is 0.791. The van der Waals surface area contributed by atoms with Crippen LogP contribution in [0.15, 0.2) is 24.3 Å². The Hall–Kier alpha value is -1.35. The number of anilines is 1. The van der Waals surface area contributed by atoms with Crippen LogP contribution in [0.3, 0.4) is 0 Å². The van der Waals surface area contributed by atoms with Crippen LogP contribution < -0.4 is 11.1 Å². The number of nitrogens with two attached hydrogens (primary N) is 1. The third-order valence-corrected chi connectivity index (χ3v) is 3.52. The van der Waals surface area contributed by atoms with E-state index in [-0.39, 0.29) is 11.3 Å². The summed E-state index contributed by atoms with van der Waals surface area (Å²) in [5.74, 6) is 0.0889. The van der Waals surface area contributed by atoms with Crippen LogP contribution in [0, 0.1) is 5.41 Å². The second-order valence-electron chi connectivity index (χ2n) is 5.76. The van der Waals surface area contributed by atoms with E-state index < -0.39 is 0 Å². The zero-order valence-electron chi connectivity index (χ0n) is 12.3. The topological polar surface area (TPSA) is 55.1 Å². The van der Waals surface area contributed by atoms with Gasteiger partial charge in [-0.25, -0.2) is 0 Å². The molecule has 0 aliphatic heterocycles. The first-order chi connectivity index (χ1) is 8.98. The molecule has 0 aliphatic rings. The lowest BCUT2D eigenvalue weighted by molar-refractivity contribution is -0.116. The van der Waals surface area contributed by atoms with Crippen molar-refractivity contribution in [1.29, 1.82) is 0 Å². The minimum Gasteiger partial charge on any atom is -0.330 e. The molecule has 3 nitrogen and oxygen atoms in total. The molecule has 0 radical (unpaired) electrons. The fourth-order valence-electron chi connectivity index (χ4n) is 2.13. The van der Waals surface area contributed by atoms with Gasteiger partial charge >= 0.3 is 0 Å². The van der Waals surface area contributed by atoms with Gasteiger partial charge in [-0.15, -0.1) is 0 Å². The van der Waals surface area contributed by atoms with Gasteiger partial charge in [0, 0.05) is 12.1 Å². The van der Waals surface area contributed by atoms with Gasteiger partial charge in [0.1, 0.15) is 0 Å². The molecule has 19 heavy (non-hydrogen) atoms. The standard InChI is InChI=1S/C16H26N2O/c1-4-13-7-5-6-8-14(13)18-15(19)9-10-16(2,3)11-12-17/h5-8H,4,9-12,17H2,1-3H3,(H,18,19). The number of carbonyl (C=O) groups excluding carboxylic acids is 1. The lowest BCUT2D eigenvalue weighted by atomic mass is 9.84. The summed E-state index contributed by atoms with van der Waals surface area (Å²) in [5.41, 5.74) is 7.83. The SMILES string of the molecule is CCc1ccccc1NC(=O)CCC(C)(C)CCN. The first-order valence-corrected chi connectivity index (χ1v) is 7.06. The van der Waals surface area contributed by atoms with Gasteiger partial charge in [0.2, 0.25) is 5.91 Å². The third kappa shape index (κ3) is 5.43. The maximum Gasteiger partial charge on any atom is 0.224 e. The summed E-state index contributed by atoms with van der Waals surface area (Å²) in [5, 5.41) is 3.01. The van der Waals surface area contributed by atoms with Crippen LogP contribution in [0.5, 0.6) is 0 Å². The van der Waals surface area contributed by atoms with Gasteiger partial charge in [-0.1, -0.05) is 39.0 Å². The molecule has 1 amide bonds. The van der Waals surface area contributed by atoms with Crippen LogP contribution in [0.2, 0.25) is 0 Å². The third-order valence-electron chi connectivity index (χ3n) is 3.52. The van der Waals surface area contributed by atoms with E-state index in [9.17, 15) is 4.79 Å². The number of para-hydroxylation sites is 1. The van der Waals surface area contributed by atoms with Gasteiger partial charge in [0.15, 0.2) is 0 Å². The molecule has 1 rings (SSSR count). The number of rotatable bonds is 7. The number of hydrogen-bond acceptors (Lipinski definition) is 2. The molecule has 3 heteroatoms. The van der Waals surface area contributed by atoms with Crippen molar-refractivity contribution in [1.82, 2.24) is 0 Å². The Morgan fingerprint density at radius 2 is 1.95 bits per heavy atom. The molecule has 0 heterocycles. The van der Waals surface area contributed by atoms with Crippen molar-refractivity contribution >= 4 is 11.6 Å². The fourth-order valence-corrected chi connectivity index (χ4v) is 2.13. The van der Waals surface area contributed by atoms with Gasteiger partial charge in [0.05, 0.1) is 0 Å². The van der Waals surface area contributed by atoms with Gasteiger partial charge < -0.3 is 11.1 Å². The summed E-state index contributed by atoms with van der Waals surface area (Å²) in [6.07, 6.45) is 3.29. The Labute approximate surface area is 116 Å². The minimum atomic E-state index is 0.0889. The molecule has 0 fully saturated rings. The van der Waals surface area contributed by atoms with Gasteiger partial charge in [0.25, 0.3) is 0 Å². The van der Waals surface area contributed by atoms with Crippen LogP contribution >= 0.6 is 0 Å². The Morgan fingerprint density at radius 1 is 1.26 bits per heavy atom. The van der Waals surface area contributed by atoms with E-state index in [1.807, 2.05) is 24.3 Å². The molecular formula is C16H26N2O. The van der Waals surface area contributed by atoms with Crippen LogP contribution in [-0.2, 0) is 11.2 Å². The summed E-state index contributed by atoms with van der Waals surface area (Å²) in [7, 11) is 0. The monoisotopic (exact) mass is 262 g/mol. The predicted molar refractivity (Wildman–Crippen MR) is 81.1 cm³/mol. The molecule has 0 unspecified atom stereocenters. The van der Waals surface area contributed by atoms with E-state index in [0.29, 0.717) is 13.0 Å². The largest absolute Gasteiger partial charge is 0.330 e. The van der Waals surface area contributed by atoms with E-state index in [1.54, 1.807) is 0 Å². The van der Waals surface area contributed by atoms with Gasteiger partial charge in [-0.3, -0.25) is 4.79 Å². The van der Waals surface area contributed by atoms with Crippen LogP contribution in [0.25, 0.3) is 0 Å². The van der Waals surface area contributed by atoms with E-state index >= 15 is 0 Å². The van der Waals surface area contributed by atoms with Gasteiger partial charge in [-0.05, 0) is 42.9 Å². The molecule has 0 aliphatic carbocycles. The summed E-state index contributed by atoms with van der Waals surface area (Å²) in [4.78, 5) is 12.0. The number of benzene rings is 1. The lowest BCUT2D eigenvalue weighted by Crippen LogP contribution is -2.21. The summed E-state index contributed by atoms with van der Waals surface area (Å²) in [6.45, 7) is 7.09. The highest BCUT2D eigenvalue weighted by molar-refractivity contribution is 5.91.